The molecule has 2 nitrogen and oxygen atoms in total. The molecule has 2 heteroatoms. The molecule has 0 bridgehead atoms. The van der Waals surface area contributed by atoms with Crippen molar-refractivity contribution in [2.24, 2.45) is 10.2 Å². The Labute approximate surface area is 63.4 Å². The monoisotopic (exact) mass is 140 g/mol. The second kappa shape index (κ2) is 8.08. The molecule has 0 saturated carbocycles. The first-order valence-corrected chi connectivity index (χ1v) is 3.35. The number of nitrogens with zero attached hydrogens (tertiary/aromatic N) is 2. The molecule has 0 fully saturated rings. The molecule has 0 radical (unpaired) electrons. The Bertz CT molecular complexity index is 118. The fourth-order valence-corrected chi connectivity index (χ4v) is 0.171. The van der Waals surface area contributed by atoms with E-state index in [-0.39, 0.29) is 0 Å². The van der Waals surface area contributed by atoms with E-state index in [1.54, 1.807) is 13.8 Å². The van der Waals surface area contributed by atoms with Gasteiger partial charge in [0.15, 0.2) is 0 Å². The SMILES string of the molecule is C=C(C)N=NC(=C)C.CC. The minimum Gasteiger partial charge on any atom is -0.156 e. The first-order valence-electron chi connectivity index (χ1n) is 3.35. The lowest BCUT2D eigenvalue weighted by Gasteiger charge is -1.82. The van der Waals surface area contributed by atoms with Gasteiger partial charge in [-0.05, 0) is 13.8 Å². The molecule has 10 heavy (non-hydrogen) atoms. The number of allylic oxidation sites excluding steroid dienone is 2. The molecule has 0 aliphatic rings. The third-order valence-corrected chi connectivity index (χ3v) is 0.391. The summed E-state index contributed by atoms with van der Waals surface area (Å²) in [4.78, 5) is 0. The lowest BCUT2D eigenvalue weighted by molar-refractivity contribution is 1.07. The maximum absolute atomic E-state index is 3.66. The van der Waals surface area contributed by atoms with Gasteiger partial charge in [-0.25, -0.2) is 0 Å². The molecule has 0 atom stereocenters. The van der Waals surface area contributed by atoms with Crippen molar-refractivity contribution in [1.29, 1.82) is 0 Å². The quantitative estimate of drug-likeness (QED) is 0.524. The van der Waals surface area contributed by atoms with Crippen LogP contribution in [0, 0.1) is 0 Å². The second-order valence-corrected chi connectivity index (χ2v) is 1.67. The third-order valence-electron chi connectivity index (χ3n) is 0.391. The Morgan fingerprint density at radius 1 is 0.900 bits per heavy atom. The van der Waals surface area contributed by atoms with Crippen LogP contribution in [0.3, 0.4) is 0 Å². The zero-order valence-corrected chi connectivity index (χ0v) is 7.31. The Morgan fingerprint density at radius 2 is 1.10 bits per heavy atom. The van der Waals surface area contributed by atoms with E-state index in [4.69, 9.17) is 0 Å². The van der Waals surface area contributed by atoms with Crippen LogP contribution in [0.5, 0.6) is 0 Å². The minimum atomic E-state index is 0.702. The average Bonchev–Trinajstić information content (AvgIpc) is 1.89. The fourth-order valence-electron chi connectivity index (χ4n) is 0.171. The van der Waals surface area contributed by atoms with Gasteiger partial charge < -0.3 is 0 Å². The summed E-state index contributed by atoms with van der Waals surface area (Å²) >= 11 is 0. The lowest BCUT2D eigenvalue weighted by Crippen LogP contribution is -1.61. The summed E-state index contributed by atoms with van der Waals surface area (Å²) in [6.07, 6.45) is 0. The molecule has 0 N–H and O–H groups in total. The summed E-state index contributed by atoms with van der Waals surface area (Å²) in [6.45, 7) is 14.6. The van der Waals surface area contributed by atoms with Gasteiger partial charge in [-0.1, -0.05) is 27.0 Å². The normalized spacial score (nSPS) is 8.40. The highest BCUT2D eigenvalue weighted by Crippen LogP contribution is 1.95. The van der Waals surface area contributed by atoms with Crippen molar-refractivity contribution in [1.82, 2.24) is 0 Å². The van der Waals surface area contributed by atoms with Gasteiger partial charge in [0.2, 0.25) is 0 Å². The van der Waals surface area contributed by atoms with Crippen LogP contribution >= 0.6 is 0 Å². The van der Waals surface area contributed by atoms with Crippen LogP contribution in [-0.4, -0.2) is 0 Å². The Balaban J connectivity index is 0. The Morgan fingerprint density at radius 3 is 1.20 bits per heavy atom. The summed E-state index contributed by atoms with van der Waals surface area (Å²) in [5.41, 5.74) is 1.40. The van der Waals surface area contributed by atoms with Gasteiger partial charge in [-0.2, -0.15) is 10.2 Å². The summed E-state index contributed by atoms with van der Waals surface area (Å²) in [6, 6.07) is 0. The van der Waals surface area contributed by atoms with Gasteiger partial charge in [-0.3, -0.25) is 0 Å². The second-order valence-electron chi connectivity index (χ2n) is 1.67. The number of hydrogen-bond acceptors (Lipinski definition) is 2. The van der Waals surface area contributed by atoms with Crippen molar-refractivity contribution >= 4 is 0 Å². The highest BCUT2D eigenvalue weighted by atomic mass is 15.1. The van der Waals surface area contributed by atoms with Crippen molar-refractivity contribution in [3.63, 3.8) is 0 Å². The van der Waals surface area contributed by atoms with Gasteiger partial charge in [0, 0.05) is 0 Å². The van der Waals surface area contributed by atoms with Crippen LogP contribution in [0.4, 0.5) is 0 Å². The predicted molar refractivity (Wildman–Crippen MR) is 45.8 cm³/mol. The van der Waals surface area contributed by atoms with Crippen LogP contribution in [0.15, 0.2) is 34.8 Å². The highest BCUT2D eigenvalue weighted by Gasteiger charge is 1.74. The van der Waals surface area contributed by atoms with E-state index in [0.29, 0.717) is 11.4 Å². The number of rotatable bonds is 2. The summed E-state index contributed by atoms with van der Waals surface area (Å²) < 4.78 is 0. The van der Waals surface area contributed by atoms with Crippen molar-refractivity contribution in [3.05, 3.63) is 24.6 Å². The zero-order chi connectivity index (χ0) is 8.57. The van der Waals surface area contributed by atoms with Gasteiger partial charge >= 0.3 is 0 Å². The predicted octanol–water partition coefficient (Wildman–Crippen LogP) is 3.53. The Hall–Kier alpha value is -0.920. The molecule has 0 aromatic carbocycles. The number of hydrogen-bond donors (Lipinski definition) is 0. The molecule has 0 heterocycles. The molecule has 58 valence electrons. The lowest BCUT2D eigenvalue weighted by atomic mass is 10.6. The molecule has 0 amide bonds. The van der Waals surface area contributed by atoms with E-state index in [2.05, 4.69) is 23.4 Å². The van der Waals surface area contributed by atoms with E-state index < -0.39 is 0 Å². The first-order chi connectivity index (χ1) is 4.63. The van der Waals surface area contributed by atoms with E-state index in [1.165, 1.54) is 0 Å². The van der Waals surface area contributed by atoms with Crippen LogP contribution in [-0.2, 0) is 0 Å². The standard InChI is InChI=1S/C6H10N2.C2H6/c1-5(2)7-8-6(3)4;1-2/h1,3H2,2,4H3;1-2H3. The van der Waals surface area contributed by atoms with Gasteiger partial charge in [0.25, 0.3) is 0 Å². The third kappa shape index (κ3) is 15.7. The molecule has 0 rings (SSSR count). The maximum Gasteiger partial charge on any atom is 0.0528 e. The van der Waals surface area contributed by atoms with Crippen molar-refractivity contribution in [3.8, 4) is 0 Å². The van der Waals surface area contributed by atoms with Crippen molar-refractivity contribution in [2.45, 2.75) is 27.7 Å². The fraction of sp³-hybridized carbons (Fsp3) is 0.500. The van der Waals surface area contributed by atoms with Crippen molar-refractivity contribution in [2.75, 3.05) is 0 Å². The van der Waals surface area contributed by atoms with E-state index in [1.807, 2.05) is 13.8 Å². The first kappa shape index (κ1) is 11.8. The molecule has 0 unspecified atom stereocenters. The molecule has 0 aromatic rings. The number of azo groups is 1. The topological polar surface area (TPSA) is 24.7 Å². The summed E-state index contributed by atoms with van der Waals surface area (Å²) in [5.74, 6) is 0. The molecule has 0 aliphatic carbocycles. The molecule has 0 aliphatic heterocycles. The minimum absolute atomic E-state index is 0.702. The smallest absolute Gasteiger partial charge is 0.0528 e. The van der Waals surface area contributed by atoms with Crippen LogP contribution in [0.25, 0.3) is 0 Å². The highest BCUT2D eigenvalue weighted by molar-refractivity contribution is 4.88. The molecular weight excluding hydrogens is 124 g/mol. The van der Waals surface area contributed by atoms with E-state index in [9.17, 15) is 0 Å². The summed E-state index contributed by atoms with van der Waals surface area (Å²) in [7, 11) is 0. The zero-order valence-electron chi connectivity index (χ0n) is 7.31. The van der Waals surface area contributed by atoms with Gasteiger partial charge in [0.1, 0.15) is 0 Å². The maximum atomic E-state index is 3.66. The van der Waals surface area contributed by atoms with Crippen molar-refractivity contribution < 1.29 is 0 Å². The molecule has 0 aromatic heterocycles. The average molecular weight is 140 g/mol. The largest absolute Gasteiger partial charge is 0.156 e. The molecule has 0 saturated heterocycles. The van der Waals surface area contributed by atoms with Gasteiger partial charge in [0.05, 0.1) is 11.4 Å². The van der Waals surface area contributed by atoms with Crippen LogP contribution in [0.2, 0.25) is 0 Å². The van der Waals surface area contributed by atoms with E-state index >= 15 is 0 Å². The summed E-state index contributed by atoms with van der Waals surface area (Å²) in [5, 5.41) is 7.31. The van der Waals surface area contributed by atoms with E-state index in [0.717, 1.165) is 0 Å². The van der Waals surface area contributed by atoms with Gasteiger partial charge in [-0.15, -0.1) is 0 Å². The Kier molecular flexibility index (Phi) is 9.56. The molecular formula is C8H16N2. The van der Waals surface area contributed by atoms with Crippen LogP contribution in [0.1, 0.15) is 27.7 Å². The molecule has 0 spiro atoms. The van der Waals surface area contributed by atoms with Crippen LogP contribution < -0.4 is 0 Å².